The molecule has 0 aromatic heterocycles. The Morgan fingerprint density at radius 2 is 1.38 bits per heavy atom. The van der Waals surface area contributed by atoms with E-state index in [-0.39, 0.29) is 18.7 Å². The van der Waals surface area contributed by atoms with Crippen LogP contribution in [-0.4, -0.2) is 104 Å². The molecule has 2 N–H and O–H groups in total. The van der Waals surface area contributed by atoms with Crippen molar-refractivity contribution in [3.05, 3.63) is 84.4 Å². The number of amides is 3. The van der Waals surface area contributed by atoms with Gasteiger partial charge in [-0.1, -0.05) is 42.5 Å². The Morgan fingerprint density at radius 3 is 2.05 bits per heavy atom. The highest BCUT2D eigenvalue weighted by Gasteiger charge is 2.55. The molecule has 0 radical (unpaired) electrons. The lowest BCUT2D eigenvalue weighted by atomic mass is 9.52. The number of sulfonamides is 1. The van der Waals surface area contributed by atoms with Gasteiger partial charge in [0.1, 0.15) is 6.61 Å². The maximum absolute atomic E-state index is 13.8. The van der Waals surface area contributed by atoms with Crippen molar-refractivity contribution in [1.82, 2.24) is 14.5 Å². The number of benzene rings is 3. The van der Waals surface area contributed by atoms with E-state index in [0.717, 1.165) is 60.4 Å². The molecule has 10 rings (SSSR count). The number of nitrogens with zero attached hydrogens (tertiary/aromatic N) is 5. The van der Waals surface area contributed by atoms with Gasteiger partial charge in [0.05, 0.1) is 22.2 Å². The summed E-state index contributed by atoms with van der Waals surface area (Å²) in [6, 6.07) is 26.1. The molecule has 6 fully saturated rings. The Hall–Kier alpha value is -4.33. The van der Waals surface area contributed by atoms with E-state index in [9.17, 15) is 23.1 Å². The molecule has 3 aromatic rings. The van der Waals surface area contributed by atoms with Crippen molar-refractivity contribution in [2.45, 2.75) is 68.4 Å². The number of hydrogen-bond donors (Lipinski definition) is 2. The predicted molar refractivity (Wildman–Crippen MR) is 212 cm³/mol. The van der Waals surface area contributed by atoms with Gasteiger partial charge in [0.2, 0.25) is 10.0 Å². The number of hydrogen-bond acceptors (Lipinski definition) is 8. The quantitative estimate of drug-likeness (QED) is 0.321. The standard InChI is InChI=1S/C42H52N6O6S/c49-40(43-39-32-24-31-25-33(39)28-42(51,26-31)27-32)48-23-22-47(37-8-4-5-9-38(37)48)35-12-10-34(11-13-35)44-18-20-46(21-19-44)55(52,53)36-14-16-45(17-15-36)41(50)54-29-30-6-2-1-3-7-30/h1-13,31-33,36,39,51H,14-29H2,(H,43,49)/t31?,32-,33+,39?,42?. The summed E-state index contributed by atoms with van der Waals surface area (Å²) in [4.78, 5) is 34.5. The zero-order valence-corrected chi connectivity index (χ0v) is 32.2. The lowest BCUT2D eigenvalue weighted by Gasteiger charge is -2.58. The highest BCUT2D eigenvalue weighted by Crippen LogP contribution is 2.55. The fraction of sp³-hybridized carbons (Fsp3) is 0.524. The van der Waals surface area contributed by atoms with Gasteiger partial charge in [-0.05, 0) is 105 Å². The van der Waals surface area contributed by atoms with Crippen LogP contribution >= 0.6 is 0 Å². The SMILES string of the molecule is O=C(OCc1ccccc1)N1CCC(S(=O)(=O)N2CCN(c3ccc(N4CCN(C(=O)NC5[C@@H]6CC7C[C@H]5CC(O)(C7)C6)c5ccccc54)cc3)CC2)CC1. The van der Waals surface area contributed by atoms with E-state index >= 15 is 0 Å². The number of piperazine rings is 1. The molecule has 3 unspecified atom stereocenters. The van der Waals surface area contributed by atoms with Crippen LogP contribution < -0.4 is 20.0 Å². The minimum Gasteiger partial charge on any atom is -0.445 e. The molecule has 13 heteroatoms. The molecule has 3 amide bonds. The molecule has 12 nitrogen and oxygen atoms in total. The first kappa shape index (κ1) is 36.3. The number of carbonyl (C=O) groups is 2. The molecule has 2 saturated heterocycles. The van der Waals surface area contributed by atoms with Crippen LogP contribution in [0.15, 0.2) is 78.9 Å². The first-order valence-electron chi connectivity index (χ1n) is 20.1. The van der Waals surface area contributed by atoms with E-state index in [1.807, 2.05) is 53.4 Å². The van der Waals surface area contributed by atoms with Crippen LogP contribution in [0, 0.1) is 17.8 Å². The summed E-state index contributed by atoms with van der Waals surface area (Å²) in [7, 11) is -3.49. The molecule has 4 aliphatic carbocycles. The largest absolute Gasteiger partial charge is 0.445 e. The van der Waals surface area contributed by atoms with Crippen molar-refractivity contribution in [3.63, 3.8) is 0 Å². The third-order valence-corrected chi connectivity index (χ3v) is 15.6. The molecule has 5 atom stereocenters. The Kier molecular flexibility index (Phi) is 9.66. The molecule has 3 aliphatic heterocycles. The maximum atomic E-state index is 13.8. The second-order valence-corrected chi connectivity index (χ2v) is 18.8. The van der Waals surface area contributed by atoms with Crippen LogP contribution in [0.3, 0.4) is 0 Å². The van der Waals surface area contributed by atoms with Crippen LogP contribution in [0.2, 0.25) is 0 Å². The number of likely N-dealkylation sites (tertiary alicyclic amines) is 1. The number of aliphatic hydroxyl groups is 1. The Bertz CT molecular complexity index is 1970. The van der Waals surface area contributed by atoms with Crippen LogP contribution in [0.5, 0.6) is 0 Å². The number of rotatable bonds is 7. The third-order valence-electron chi connectivity index (χ3n) is 13.2. The van der Waals surface area contributed by atoms with Gasteiger partial charge >= 0.3 is 12.1 Å². The summed E-state index contributed by atoms with van der Waals surface area (Å²) >= 11 is 0. The number of anilines is 4. The molecular formula is C42H52N6O6S. The van der Waals surface area contributed by atoms with Gasteiger partial charge in [-0.25, -0.2) is 18.0 Å². The van der Waals surface area contributed by atoms with Crippen LogP contribution in [-0.2, 0) is 21.4 Å². The van der Waals surface area contributed by atoms with Crippen molar-refractivity contribution in [3.8, 4) is 0 Å². The molecule has 55 heavy (non-hydrogen) atoms. The van der Waals surface area contributed by atoms with Gasteiger partial charge in [-0.15, -0.1) is 0 Å². The van der Waals surface area contributed by atoms with E-state index in [4.69, 9.17) is 4.74 Å². The average molecular weight is 769 g/mol. The van der Waals surface area contributed by atoms with Crippen molar-refractivity contribution in [2.24, 2.45) is 17.8 Å². The predicted octanol–water partition coefficient (Wildman–Crippen LogP) is 5.55. The number of nitrogens with one attached hydrogen (secondary N) is 1. The second kappa shape index (κ2) is 14.6. The van der Waals surface area contributed by atoms with E-state index < -0.39 is 27.0 Å². The van der Waals surface area contributed by atoms with Crippen LogP contribution in [0.25, 0.3) is 0 Å². The lowest BCUT2D eigenvalue weighted by molar-refractivity contribution is -0.136. The zero-order chi connectivity index (χ0) is 37.7. The molecule has 0 spiro atoms. The van der Waals surface area contributed by atoms with E-state index in [1.165, 1.54) is 0 Å². The number of para-hydroxylation sites is 2. The topological polar surface area (TPSA) is 126 Å². The third kappa shape index (κ3) is 7.15. The van der Waals surface area contributed by atoms with E-state index in [1.54, 1.807) is 9.21 Å². The Labute approximate surface area is 324 Å². The van der Waals surface area contributed by atoms with Crippen molar-refractivity contribution in [1.29, 1.82) is 0 Å². The van der Waals surface area contributed by atoms with E-state index in [2.05, 4.69) is 45.4 Å². The fourth-order valence-electron chi connectivity index (χ4n) is 10.7. The second-order valence-electron chi connectivity index (χ2n) is 16.6. The molecular weight excluding hydrogens is 717 g/mol. The van der Waals surface area contributed by atoms with Crippen molar-refractivity contribution < 1.29 is 27.9 Å². The maximum Gasteiger partial charge on any atom is 0.410 e. The summed E-state index contributed by atoms with van der Waals surface area (Å²) in [6.07, 6.45) is 5.15. The van der Waals surface area contributed by atoms with Gasteiger partial charge < -0.3 is 29.9 Å². The smallest absolute Gasteiger partial charge is 0.410 e. The fourth-order valence-corrected chi connectivity index (χ4v) is 12.6. The minimum absolute atomic E-state index is 0.0437. The van der Waals surface area contributed by atoms with Crippen LogP contribution in [0.1, 0.15) is 50.5 Å². The van der Waals surface area contributed by atoms with Crippen molar-refractivity contribution >= 4 is 44.9 Å². The molecule has 292 valence electrons. The van der Waals surface area contributed by atoms with Gasteiger partial charge in [0, 0.05) is 69.8 Å². The number of ether oxygens (including phenoxy) is 1. The first-order valence-corrected chi connectivity index (χ1v) is 21.6. The van der Waals surface area contributed by atoms with Gasteiger partial charge in [0.25, 0.3) is 0 Å². The summed E-state index contributed by atoms with van der Waals surface area (Å²) in [5.41, 5.74) is 4.37. The highest BCUT2D eigenvalue weighted by atomic mass is 32.2. The first-order chi connectivity index (χ1) is 26.6. The van der Waals surface area contributed by atoms with Gasteiger partial charge in [0.15, 0.2) is 0 Å². The average Bonchev–Trinajstić information content (AvgIpc) is 3.21. The number of urea groups is 1. The summed E-state index contributed by atoms with van der Waals surface area (Å²) < 4.78 is 34.4. The summed E-state index contributed by atoms with van der Waals surface area (Å²) in [6.45, 7) is 4.19. The van der Waals surface area contributed by atoms with Gasteiger partial charge in [-0.2, -0.15) is 4.31 Å². The van der Waals surface area contributed by atoms with Crippen LogP contribution in [0.4, 0.5) is 32.3 Å². The number of piperidine rings is 1. The van der Waals surface area contributed by atoms with Crippen molar-refractivity contribution in [2.75, 3.05) is 67.1 Å². The molecule has 7 aliphatic rings. The molecule has 3 heterocycles. The van der Waals surface area contributed by atoms with E-state index in [0.29, 0.717) is 83.0 Å². The minimum atomic E-state index is -3.49. The zero-order valence-electron chi connectivity index (χ0n) is 31.3. The van der Waals surface area contributed by atoms with Gasteiger partial charge in [-0.3, -0.25) is 4.90 Å². The monoisotopic (exact) mass is 768 g/mol. The molecule has 4 bridgehead atoms. The molecule has 4 saturated carbocycles. The Morgan fingerprint density at radius 1 is 0.745 bits per heavy atom. The number of carbonyl (C=O) groups excluding carboxylic acids is 2. The number of fused-ring (bicyclic) bond motifs is 1. The highest BCUT2D eigenvalue weighted by molar-refractivity contribution is 7.89. The summed E-state index contributed by atoms with van der Waals surface area (Å²) in [5, 5.41) is 14.0. The molecule has 3 aromatic carbocycles. The lowest BCUT2D eigenvalue weighted by Crippen LogP contribution is -2.63. The normalized spacial score (nSPS) is 28.2. The Balaban J connectivity index is 0.779. The summed E-state index contributed by atoms with van der Waals surface area (Å²) in [5.74, 6) is 1.31.